The first-order valence-electron chi connectivity index (χ1n) is 6.70. The topological polar surface area (TPSA) is 12.5 Å². The zero-order valence-corrected chi connectivity index (χ0v) is 11.6. The monoisotopic (exact) mass is 282 g/mol. The van der Waals surface area contributed by atoms with Crippen molar-refractivity contribution >= 4 is 0 Å². The largest absolute Gasteiger partial charge is 0.431 e. The van der Waals surface area contributed by atoms with Crippen LogP contribution in [0.1, 0.15) is 38.7 Å². The van der Waals surface area contributed by atoms with Gasteiger partial charge in [0.15, 0.2) is 0 Å². The van der Waals surface area contributed by atoms with Crippen LogP contribution in [0.3, 0.4) is 0 Å². The molecule has 1 saturated heterocycles. The van der Waals surface area contributed by atoms with Crippen LogP contribution in [0.5, 0.6) is 0 Å². The van der Waals surface area contributed by atoms with Crippen LogP contribution < -0.4 is 0 Å². The van der Waals surface area contributed by atoms with Crippen molar-refractivity contribution in [2.45, 2.75) is 50.5 Å². The SMILES string of the molecule is CCCC[C@@]1(C)O[C@@]1(C#Cc1ccccc1)C(F)(F)F. The van der Waals surface area contributed by atoms with Crippen molar-refractivity contribution in [2.24, 2.45) is 0 Å². The summed E-state index contributed by atoms with van der Waals surface area (Å²) in [7, 11) is 0. The summed E-state index contributed by atoms with van der Waals surface area (Å²) in [4.78, 5) is 0. The molecule has 2 rings (SSSR count). The predicted molar refractivity (Wildman–Crippen MR) is 71.1 cm³/mol. The Hall–Kier alpha value is -1.47. The zero-order valence-electron chi connectivity index (χ0n) is 11.6. The minimum Gasteiger partial charge on any atom is -0.341 e. The van der Waals surface area contributed by atoms with Crippen molar-refractivity contribution in [1.29, 1.82) is 0 Å². The molecular formula is C16H17F3O. The number of halogens is 3. The minimum absolute atomic E-state index is 0.368. The van der Waals surface area contributed by atoms with E-state index in [-0.39, 0.29) is 0 Å². The highest BCUT2D eigenvalue weighted by Gasteiger charge is 2.79. The second-order valence-corrected chi connectivity index (χ2v) is 5.23. The minimum atomic E-state index is -4.47. The summed E-state index contributed by atoms with van der Waals surface area (Å²) < 4.78 is 45.0. The maximum absolute atomic E-state index is 13.3. The van der Waals surface area contributed by atoms with Gasteiger partial charge in [0, 0.05) is 5.56 Å². The molecule has 0 spiro atoms. The van der Waals surface area contributed by atoms with E-state index in [1.54, 1.807) is 30.3 Å². The van der Waals surface area contributed by atoms with Crippen LogP contribution in [0.15, 0.2) is 30.3 Å². The number of rotatable bonds is 3. The Balaban J connectivity index is 2.27. The van der Waals surface area contributed by atoms with Gasteiger partial charge in [-0.1, -0.05) is 43.9 Å². The quantitative estimate of drug-likeness (QED) is 0.594. The van der Waals surface area contributed by atoms with Crippen molar-refractivity contribution < 1.29 is 17.9 Å². The third-order valence-corrected chi connectivity index (χ3v) is 3.64. The molecule has 0 unspecified atom stereocenters. The van der Waals surface area contributed by atoms with E-state index in [0.717, 1.165) is 6.42 Å². The number of benzene rings is 1. The summed E-state index contributed by atoms with van der Waals surface area (Å²) in [5, 5.41) is 0. The number of ether oxygens (including phenoxy) is 1. The van der Waals surface area contributed by atoms with E-state index in [9.17, 15) is 13.2 Å². The van der Waals surface area contributed by atoms with Gasteiger partial charge in [-0.3, -0.25) is 0 Å². The normalized spacial score (nSPS) is 28.6. The highest BCUT2D eigenvalue weighted by molar-refractivity contribution is 5.42. The summed E-state index contributed by atoms with van der Waals surface area (Å²) >= 11 is 0. The molecule has 108 valence electrons. The Morgan fingerprint density at radius 1 is 1.20 bits per heavy atom. The Bertz CT molecular complexity index is 526. The lowest BCUT2D eigenvalue weighted by Gasteiger charge is -2.14. The maximum Gasteiger partial charge on any atom is 0.431 e. The van der Waals surface area contributed by atoms with Crippen molar-refractivity contribution in [1.82, 2.24) is 0 Å². The van der Waals surface area contributed by atoms with Crippen LogP contribution in [0, 0.1) is 11.8 Å². The van der Waals surface area contributed by atoms with Gasteiger partial charge in [0.05, 0.1) is 0 Å². The number of alkyl halides is 3. The molecule has 0 amide bonds. The van der Waals surface area contributed by atoms with Crippen LogP contribution in [0.2, 0.25) is 0 Å². The molecule has 1 aliphatic heterocycles. The molecule has 4 heteroatoms. The van der Waals surface area contributed by atoms with E-state index in [1.807, 2.05) is 6.92 Å². The first-order valence-corrected chi connectivity index (χ1v) is 6.70. The Kier molecular flexibility index (Phi) is 3.84. The summed E-state index contributed by atoms with van der Waals surface area (Å²) in [6, 6.07) is 8.65. The third kappa shape index (κ3) is 2.55. The zero-order chi connectivity index (χ0) is 14.9. The van der Waals surface area contributed by atoms with Crippen molar-refractivity contribution in [2.75, 3.05) is 0 Å². The summed E-state index contributed by atoms with van der Waals surface area (Å²) in [6.07, 6.45) is -2.58. The van der Waals surface area contributed by atoms with Gasteiger partial charge in [0.1, 0.15) is 5.60 Å². The first-order chi connectivity index (χ1) is 9.35. The fourth-order valence-corrected chi connectivity index (χ4v) is 2.32. The van der Waals surface area contributed by atoms with Gasteiger partial charge in [-0.2, -0.15) is 13.2 Å². The van der Waals surface area contributed by atoms with Gasteiger partial charge in [0.25, 0.3) is 5.60 Å². The lowest BCUT2D eigenvalue weighted by Crippen LogP contribution is -2.38. The van der Waals surface area contributed by atoms with Gasteiger partial charge in [-0.05, 0) is 31.4 Å². The molecule has 1 heterocycles. The molecule has 0 bridgehead atoms. The van der Waals surface area contributed by atoms with Crippen LogP contribution in [0.4, 0.5) is 13.2 Å². The molecule has 0 radical (unpaired) electrons. The van der Waals surface area contributed by atoms with E-state index in [2.05, 4.69) is 11.8 Å². The lowest BCUT2D eigenvalue weighted by atomic mass is 9.89. The van der Waals surface area contributed by atoms with Crippen molar-refractivity contribution in [3.05, 3.63) is 35.9 Å². The average Bonchev–Trinajstić information content (AvgIpc) is 3.02. The van der Waals surface area contributed by atoms with Crippen LogP contribution in [-0.2, 0) is 4.74 Å². The summed E-state index contributed by atoms with van der Waals surface area (Å²) in [5.41, 5.74) is -2.97. The van der Waals surface area contributed by atoms with E-state index in [4.69, 9.17) is 4.74 Å². The molecule has 1 nitrogen and oxygen atoms in total. The number of hydrogen-bond donors (Lipinski definition) is 0. The molecule has 0 saturated carbocycles. The second-order valence-electron chi connectivity index (χ2n) is 5.23. The Morgan fingerprint density at radius 2 is 1.85 bits per heavy atom. The predicted octanol–water partition coefficient (Wildman–Crippen LogP) is 4.32. The average molecular weight is 282 g/mol. The number of epoxide rings is 1. The van der Waals surface area contributed by atoms with Gasteiger partial charge in [-0.15, -0.1) is 0 Å². The van der Waals surface area contributed by atoms with Crippen molar-refractivity contribution in [3.63, 3.8) is 0 Å². The van der Waals surface area contributed by atoms with Crippen molar-refractivity contribution in [3.8, 4) is 11.8 Å². The Labute approximate surface area is 117 Å². The third-order valence-electron chi connectivity index (χ3n) is 3.64. The molecule has 1 aliphatic rings. The molecule has 1 fully saturated rings. The van der Waals surface area contributed by atoms with E-state index in [0.29, 0.717) is 18.4 Å². The van der Waals surface area contributed by atoms with Crippen LogP contribution >= 0.6 is 0 Å². The van der Waals surface area contributed by atoms with Gasteiger partial charge >= 0.3 is 6.18 Å². The highest BCUT2D eigenvalue weighted by atomic mass is 19.4. The molecule has 20 heavy (non-hydrogen) atoms. The molecule has 0 aromatic heterocycles. The molecule has 1 aromatic rings. The summed E-state index contributed by atoms with van der Waals surface area (Å²) in [6.45, 7) is 3.44. The molecule has 0 N–H and O–H groups in total. The van der Waals surface area contributed by atoms with Gasteiger partial charge in [0.2, 0.25) is 0 Å². The molecule has 1 aromatic carbocycles. The highest BCUT2D eigenvalue weighted by Crippen LogP contribution is 2.59. The van der Waals surface area contributed by atoms with Crippen LogP contribution in [-0.4, -0.2) is 17.4 Å². The van der Waals surface area contributed by atoms with Gasteiger partial charge in [-0.25, -0.2) is 0 Å². The standard InChI is InChI=1S/C16H17F3O/c1-3-4-11-14(2)15(20-14,16(17,18)19)12-10-13-8-6-5-7-9-13/h5-9H,3-4,11H2,1-2H3/t14-,15-/m1/s1. The van der Waals surface area contributed by atoms with E-state index < -0.39 is 17.4 Å². The number of unbranched alkanes of at least 4 members (excludes halogenated alkanes) is 1. The Morgan fingerprint density at radius 3 is 2.40 bits per heavy atom. The van der Waals surface area contributed by atoms with Gasteiger partial charge < -0.3 is 4.74 Å². The lowest BCUT2D eigenvalue weighted by molar-refractivity contribution is -0.167. The van der Waals surface area contributed by atoms with E-state index >= 15 is 0 Å². The summed E-state index contributed by atoms with van der Waals surface area (Å²) in [5.74, 6) is 4.92. The fourth-order valence-electron chi connectivity index (χ4n) is 2.32. The molecule has 2 atom stereocenters. The molecular weight excluding hydrogens is 265 g/mol. The number of hydrogen-bond acceptors (Lipinski definition) is 1. The second kappa shape index (κ2) is 5.14. The van der Waals surface area contributed by atoms with E-state index in [1.165, 1.54) is 6.92 Å². The van der Waals surface area contributed by atoms with Crippen LogP contribution in [0.25, 0.3) is 0 Å². The smallest absolute Gasteiger partial charge is 0.341 e. The maximum atomic E-state index is 13.3. The fraction of sp³-hybridized carbons (Fsp3) is 0.500. The first kappa shape index (κ1) is 14.9. The molecule has 0 aliphatic carbocycles.